The number of piperidine rings is 1. The number of carbonyl (C=O) groups is 2. The standard InChI is InChI=1S/C13H22N2O4/c1-13(11(16)17)4-6-15(7-5-13)12(18)14-10-3-2-8-19-9-10/h10H,2-9H2,1H3,(H,14,18)(H,16,17). The van der Waals surface area contributed by atoms with Crippen molar-refractivity contribution >= 4 is 12.0 Å². The monoisotopic (exact) mass is 270 g/mol. The molecule has 19 heavy (non-hydrogen) atoms. The van der Waals surface area contributed by atoms with E-state index in [9.17, 15) is 9.59 Å². The predicted molar refractivity (Wildman–Crippen MR) is 68.9 cm³/mol. The Morgan fingerprint density at radius 2 is 2.05 bits per heavy atom. The van der Waals surface area contributed by atoms with Crippen LogP contribution in [0.2, 0.25) is 0 Å². The van der Waals surface area contributed by atoms with Crippen molar-refractivity contribution in [2.24, 2.45) is 5.41 Å². The lowest BCUT2D eigenvalue weighted by Crippen LogP contribution is -2.52. The lowest BCUT2D eigenvalue weighted by Gasteiger charge is -2.37. The van der Waals surface area contributed by atoms with Gasteiger partial charge in [0.1, 0.15) is 0 Å². The lowest BCUT2D eigenvalue weighted by atomic mass is 9.80. The number of carboxylic acids is 1. The van der Waals surface area contributed by atoms with Gasteiger partial charge in [0.15, 0.2) is 0 Å². The minimum atomic E-state index is -0.770. The van der Waals surface area contributed by atoms with Gasteiger partial charge in [-0.3, -0.25) is 4.79 Å². The van der Waals surface area contributed by atoms with E-state index >= 15 is 0 Å². The highest BCUT2D eigenvalue weighted by Gasteiger charge is 2.38. The Morgan fingerprint density at radius 1 is 1.37 bits per heavy atom. The highest BCUT2D eigenvalue weighted by atomic mass is 16.5. The second-order valence-corrected chi connectivity index (χ2v) is 5.72. The molecule has 0 aromatic carbocycles. The maximum atomic E-state index is 12.1. The maximum Gasteiger partial charge on any atom is 0.317 e. The Balaban J connectivity index is 1.80. The fourth-order valence-electron chi connectivity index (χ4n) is 2.54. The summed E-state index contributed by atoms with van der Waals surface area (Å²) in [5, 5.41) is 12.1. The van der Waals surface area contributed by atoms with E-state index < -0.39 is 11.4 Å². The normalized spacial score (nSPS) is 26.8. The van der Waals surface area contributed by atoms with E-state index in [2.05, 4.69) is 5.32 Å². The summed E-state index contributed by atoms with van der Waals surface area (Å²) in [5.74, 6) is -0.770. The Kier molecular flexibility index (Phi) is 4.29. The summed E-state index contributed by atoms with van der Waals surface area (Å²) in [6.07, 6.45) is 2.95. The molecule has 6 heteroatoms. The number of likely N-dealkylation sites (tertiary alicyclic amines) is 1. The summed E-state index contributed by atoms with van der Waals surface area (Å²) < 4.78 is 5.32. The number of ether oxygens (including phenoxy) is 1. The molecule has 0 aliphatic carbocycles. The van der Waals surface area contributed by atoms with Crippen molar-refractivity contribution in [3.63, 3.8) is 0 Å². The number of nitrogens with zero attached hydrogens (tertiary/aromatic N) is 1. The van der Waals surface area contributed by atoms with Crippen molar-refractivity contribution in [2.75, 3.05) is 26.3 Å². The number of hydrogen-bond donors (Lipinski definition) is 2. The van der Waals surface area contributed by atoms with Crippen LogP contribution >= 0.6 is 0 Å². The zero-order valence-electron chi connectivity index (χ0n) is 11.4. The van der Waals surface area contributed by atoms with Crippen LogP contribution in [0.5, 0.6) is 0 Å². The molecule has 0 radical (unpaired) electrons. The summed E-state index contributed by atoms with van der Waals surface area (Å²) in [5.41, 5.74) is -0.690. The largest absolute Gasteiger partial charge is 0.481 e. The molecule has 0 saturated carbocycles. The highest BCUT2D eigenvalue weighted by molar-refractivity contribution is 5.77. The van der Waals surface area contributed by atoms with Crippen LogP contribution in [-0.4, -0.2) is 54.4 Å². The number of amides is 2. The van der Waals surface area contributed by atoms with Crippen LogP contribution in [-0.2, 0) is 9.53 Å². The number of nitrogens with one attached hydrogen (secondary N) is 1. The summed E-state index contributed by atoms with van der Waals surface area (Å²) in [7, 11) is 0. The minimum absolute atomic E-state index is 0.0917. The molecule has 0 aromatic rings. The molecule has 0 aromatic heterocycles. The van der Waals surface area contributed by atoms with Crippen LogP contribution in [0.4, 0.5) is 4.79 Å². The van der Waals surface area contributed by atoms with Gasteiger partial charge in [-0.1, -0.05) is 0 Å². The molecule has 2 amide bonds. The molecule has 2 fully saturated rings. The van der Waals surface area contributed by atoms with Crippen LogP contribution in [0.25, 0.3) is 0 Å². The number of urea groups is 1. The molecular weight excluding hydrogens is 248 g/mol. The fraction of sp³-hybridized carbons (Fsp3) is 0.846. The van der Waals surface area contributed by atoms with Gasteiger partial charge in [0, 0.05) is 19.7 Å². The maximum absolute atomic E-state index is 12.1. The smallest absolute Gasteiger partial charge is 0.317 e. The van der Waals surface area contributed by atoms with E-state index in [1.165, 1.54) is 0 Å². The third-order valence-electron chi connectivity index (χ3n) is 4.16. The van der Waals surface area contributed by atoms with Crippen LogP contribution in [0, 0.1) is 5.41 Å². The zero-order valence-corrected chi connectivity index (χ0v) is 11.4. The first-order valence-electron chi connectivity index (χ1n) is 6.88. The number of carboxylic acid groups (broad SMARTS) is 1. The van der Waals surface area contributed by atoms with Gasteiger partial charge < -0.3 is 20.1 Å². The first-order valence-corrected chi connectivity index (χ1v) is 6.88. The third-order valence-corrected chi connectivity index (χ3v) is 4.16. The minimum Gasteiger partial charge on any atom is -0.481 e. The van der Waals surface area contributed by atoms with Crippen LogP contribution in [0.3, 0.4) is 0 Å². The SMILES string of the molecule is CC1(C(=O)O)CCN(C(=O)NC2CCCOC2)CC1. The van der Waals surface area contributed by atoms with Gasteiger partial charge >= 0.3 is 12.0 Å². The van der Waals surface area contributed by atoms with Gasteiger partial charge in [-0.25, -0.2) is 4.79 Å². The number of carbonyl (C=O) groups excluding carboxylic acids is 1. The van der Waals surface area contributed by atoms with E-state index in [-0.39, 0.29) is 12.1 Å². The predicted octanol–water partition coefficient (Wildman–Crippen LogP) is 1.06. The highest BCUT2D eigenvalue weighted by Crippen LogP contribution is 2.31. The molecule has 1 atom stereocenters. The van der Waals surface area contributed by atoms with Crippen LogP contribution in [0.15, 0.2) is 0 Å². The van der Waals surface area contributed by atoms with Crippen molar-refractivity contribution < 1.29 is 19.4 Å². The third kappa shape index (κ3) is 3.37. The molecule has 6 nitrogen and oxygen atoms in total. The molecule has 2 heterocycles. The van der Waals surface area contributed by atoms with Crippen molar-refractivity contribution in [3.05, 3.63) is 0 Å². The Labute approximate surface area is 113 Å². The van der Waals surface area contributed by atoms with Crippen molar-refractivity contribution in [1.82, 2.24) is 10.2 Å². The van der Waals surface area contributed by atoms with Gasteiger partial charge in [-0.2, -0.15) is 0 Å². The molecule has 1 unspecified atom stereocenters. The average molecular weight is 270 g/mol. The summed E-state index contributed by atoms with van der Waals surface area (Å²) in [4.78, 5) is 24.9. The molecular formula is C13H22N2O4. The molecule has 108 valence electrons. The van der Waals surface area contributed by atoms with Crippen molar-refractivity contribution in [2.45, 2.75) is 38.6 Å². The summed E-state index contributed by atoms with van der Waals surface area (Å²) in [6.45, 7) is 4.10. The van der Waals surface area contributed by atoms with Gasteiger partial charge in [0.05, 0.1) is 18.1 Å². The van der Waals surface area contributed by atoms with E-state index in [1.54, 1.807) is 11.8 Å². The van der Waals surface area contributed by atoms with E-state index in [0.717, 1.165) is 19.4 Å². The summed E-state index contributed by atoms with van der Waals surface area (Å²) >= 11 is 0. The van der Waals surface area contributed by atoms with Gasteiger partial charge in [0.2, 0.25) is 0 Å². The molecule has 0 spiro atoms. The van der Waals surface area contributed by atoms with Crippen LogP contribution < -0.4 is 5.32 Å². The Hall–Kier alpha value is -1.30. The molecule has 2 N–H and O–H groups in total. The first kappa shape index (κ1) is 14.1. The quantitative estimate of drug-likeness (QED) is 0.786. The second-order valence-electron chi connectivity index (χ2n) is 5.72. The number of hydrogen-bond acceptors (Lipinski definition) is 3. The van der Waals surface area contributed by atoms with E-state index in [0.29, 0.717) is 32.5 Å². The Bertz CT molecular complexity index is 345. The molecule has 2 saturated heterocycles. The van der Waals surface area contributed by atoms with E-state index in [1.807, 2.05) is 0 Å². The average Bonchev–Trinajstić information content (AvgIpc) is 2.40. The van der Waals surface area contributed by atoms with Gasteiger partial charge in [-0.05, 0) is 32.6 Å². The summed E-state index contributed by atoms with van der Waals surface area (Å²) in [6, 6.07) is -0.00280. The molecule has 0 bridgehead atoms. The van der Waals surface area contributed by atoms with Gasteiger partial charge in [0.25, 0.3) is 0 Å². The lowest BCUT2D eigenvalue weighted by molar-refractivity contribution is -0.150. The number of rotatable bonds is 2. The topological polar surface area (TPSA) is 78.9 Å². The van der Waals surface area contributed by atoms with Crippen molar-refractivity contribution in [1.29, 1.82) is 0 Å². The van der Waals surface area contributed by atoms with E-state index in [4.69, 9.17) is 9.84 Å². The molecule has 2 aliphatic heterocycles. The number of aliphatic carboxylic acids is 1. The second kappa shape index (κ2) is 5.77. The first-order chi connectivity index (χ1) is 9.01. The fourth-order valence-corrected chi connectivity index (χ4v) is 2.54. The zero-order chi connectivity index (χ0) is 13.9. The molecule has 2 rings (SSSR count). The Morgan fingerprint density at radius 3 is 2.58 bits per heavy atom. The van der Waals surface area contributed by atoms with Crippen LogP contribution in [0.1, 0.15) is 32.6 Å². The van der Waals surface area contributed by atoms with Crippen molar-refractivity contribution in [3.8, 4) is 0 Å². The van der Waals surface area contributed by atoms with Gasteiger partial charge in [-0.15, -0.1) is 0 Å². The molecule has 2 aliphatic rings.